The van der Waals surface area contributed by atoms with Gasteiger partial charge in [-0.3, -0.25) is 4.90 Å². The first kappa shape index (κ1) is 18.0. The number of aryl methyl sites for hydroxylation is 2. The summed E-state index contributed by atoms with van der Waals surface area (Å²) in [5, 5.41) is 0. The Balaban J connectivity index is 1.38. The predicted molar refractivity (Wildman–Crippen MR) is 94.6 cm³/mol. The van der Waals surface area contributed by atoms with Crippen molar-refractivity contribution >= 4 is 5.82 Å². The zero-order chi connectivity index (χ0) is 19.2. The molecule has 0 N–H and O–H groups in total. The van der Waals surface area contributed by atoms with Gasteiger partial charge in [-0.2, -0.15) is 0 Å². The highest BCUT2D eigenvalue weighted by molar-refractivity contribution is 5.42. The Morgan fingerprint density at radius 1 is 1.07 bits per heavy atom. The Morgan fingerprint density at radius 2 is 1.74 bits per heavy atom. The van der Waals surface area contributed by atoms with Crippen molar-refractivity contribution in [2.45, 2.75) is 45.3 Å². The molecule has 5 rings (SSSR count). The average Bonchev–Trinajstić information content (AvgIpc) is 2.59. The van der Waals surface area contributed by atoms with Crippen LogP contribution in [0.3, 0.4) is 0 Å². The molecule has 144 valence electrons. The van der Waals surface area contributed by atoms with E-state index in [1.165, 1.54) is 12.1 Å². The number of anilines is 1. The van der Waals surface area contributed by atoms with E-state index >= 15 is 0 Å². The van der Waals surface area contributed by atoms with Crippen molar-refractivity contribution in [1.82, 2.24) is 14.9 Å². The zero-order valence-electron chi connectivity index (χ0n) is 15.2. The van der Waals surface area contributed by atoms with Gasteiger partial charge in [0.2, 0.25) is 0 Å². The molecule has 0 saturated carbocycles. The molecule has 2 aromatic rings. The molecule has 2 atom stereocenters. The SMILES string of the molecule is Cc1cc(N2CC3CC(C2)N3Cc2ccc(OC(F)(F)F)cc2)nc(C)n1. The van der Waals surface area contributed by atoms with Crippen LogP contribution in [-0.4, -0.2) is 46.4 Å². The van der Waals surface area contributed by atoms with Gasteiger partial charge in [0, 0.05) is 43.5 Å². The highest BCUT2D eigenvalue weighted by Gasteiger charge is 2.44. The highest BCUT2D eigenvalue weighted by Crippen LogP contribution is 2.35. The lowest BCUT2D eigenvalue weighted by atomic mass is 9.86. The summed E-state index contributed by atoms with van der Waals surface area (Å²) in [6, 6.07) is 9.03. The minimum Gasteiger partial charge on any atom is -0.406 e. The quantitative estimate of drug-likeness (QED) is 0.815. The minimum absolute atomic E-state index is 0.185. The number of nitrogens with zero attached hydrogens (tertiary/aromatic N) is 4. The number of hydrogen-bond donors (Lipinski definition) is 0. The van der Waals surface area contributed by atoms with Gasteiger partial charge in [-0.25, -0.2) is 9.97 Å². The number of benzene rings is 1. The maximum absolute atomic E-state index is 12.3. The second-order valence-corrected chi connectivity index (χ2v) is 7.23. The van der Waals surface area contributed by atoms with Gasteiger partial charge in [0.25, 0.3) is 0 Å². The smallest absolute Gasteiger partial charge is 0.406 e. The van der Waals surface area contributed by atoms with Crippen molar-refractivity contribution in [2.24, 2.45) is 0 Å². The lowest BCUT2D eigenvalue weighted by Crippen LogP contribution is -2.68. The van der Waals surface area contributed by atoms with Crippen LogP contribution >= 0.6 is 0 Å². The van der Waals surface area contributed by atoms with Crippen molar-refractivity contribution in [3.05, 3.63) is 47.4 Å². The minimum atomic E-state index is -4.66. The van der Waals surface area contributed by atoms with Crippen LogP contribution in [0.25, 0.3) is 0 Å². The van der Waals surface area contributed by atoms with Crippen LogP contribution in [0.5, 0.6) is 5.75 Å². The Bertz CT molecular complexity index is 792. The van der Waals surface area contributed by atoms with Crippen molar-refractivity contribution in [3.63, 3.8) is 0 Å². The number of alkyl halides is 3. The normalized spacial score (nSPS) is 22.5. The molecule has 0 amide bonds. The third-order valence-electron chi connectivity index (χ3n) is 5.14. The van der Waals surface area contributed by atoms with Gasteiger partial charge >= 0.3 is 6.36 Å². The number of hydrogen-bond acceptors (Lipinski definition) is 5. The third-order valence-corrected chi connectivity index (χ3v) is 5.14. The molecule has 0 radical (unpaired) electrons. The van der Waals surface area contributed by atoms with Crippen LogP contribution in [0.2, 0.25) is 0 Å². The first-order chi connectivity index (χ1) is 12.8. The van der Waals surface area contributed by atoms with Crippen LogP contribution in [-0.2, 0) is 6.54 Å². The number of piperidine rings is 1. The molecule has 1 aromatic carbocycles. The van der Waals surface area contributed by atoms with Crippen molar-refractivity contribution in [1.29, 1.82) is 0 Å². The van der Waals surface area contributed by atoms with Gasteiger partial charge in [0.15, 0.2) is 0 Å². The van der Waals surface area contributed by atoms with Crippen molar-refractivity contribution in [3.8, 4) is 5.75 Å². The maximum Gasteiger partial charge on any atom is 0.573 e. The molecule has 2 bridgehead atoms. The van der Waals surface area contributed by atoms with Crippen LogP contribution in [0, 0.1) is 13.8 Å². The Labute approximate surface area is 155 Å². The molecule has 3 fully saturated rings. The van der Waals surface area contributed by atoms with E-state index < -0.39 is 6.36 Å². The van der Waals surface area contributed by atoms with E-state index in [-0.39, 0.29) is 5.75 Å². The molecular weight excluding hydrogens is 357 g/mol. The Hall–Kier alpha value is -2.35. The lowest BCUT2D eigenvalue weighted by molar-refractivity contribution is -0.274. The topological polar surface area (TPSA) is 41.5 Å². The molecule has 0 spiro atoms. The van der Waals surface area contributed by atoms with Crippen LogP contribution in [0.1, 0.15) is 23.5 Å². The third kappa shape index (κ3) is 4.00. The summed E-state index contributed by atoms with van der Waals surface area (Å²) in [5.74, 6) is 1.57. The molecule has 0 aliphatic carbocycles. The Kier molecular flexibility index (Phi) is 4.46. The molecule has 1 aromatic heterocycles. The first-order valence-corrected chi connectivity index (χ1v) is 8.94. The van der Waals surface area contributed by atoms with Gasteiger partial charge in [-0.1, -0.05) is 12.1 Å². The second kappa shape index (κ2) is 6.67. The molecule has 3 aliphatic heterocycles. The molecule has 2 unspecified atom stereocenters. The summed E-state index contributed by atoms with van der Waals surface area (Å²) in [6.45, 7) is 6.42. The molecule has 3 saturated heterocycles. The summed E-state index contributed by atoms with van der Waals surface area (Å²) >= 11 is 0. The molecule has 27 heavy (non-hydrogen) atoms. The molecule has 8 heteroatoms. The zero-order valence-corrected chi connectivity index (χ0v) is 15.2. The van der Waals surface area contributed by atoms with E-state index in [1.54, 1.807) is 12.1 Å². The molecule has 3 aliphatic rings. The number of aromatic nitrogens is 2. The first-order valence-electron chi connectivity index (χ1n) is 8.94. The van der Waals surface area contributed by atoms with Gasteiger partial charge in [0.05, 0.1) is 0 Å². The summed E-state index contributed by atoms with van der Waals surface area (Å²) in [4.78, 5) is 13.6. The van der Waals surface area contributed by atoms with Crippen molar-refractivity contribution < 1.29 is 17.9 Å². The molecule has 4 heterocycles. The van der Waals surface area contributed by atoms with E-state index in [9.17, 15) is 13.2 Å². The number of fused-ring (bicyclic) bond motifs is 2. The predicted octanol–water partition coefficient (Wildman–Crippen LogP) is 3.46. The summed E-state index contributed by atoms with van der Waals surface area (Å²) in [7, 11) is 0. The standard InChI is InChI=1S/C19H21F3N4O/c1-12-7-18(24-13(2)23-12)25-10-15-8-16(11-25)26(15)9-14-3-5-17(6-4-14)27-19(20,21)22/h3-7,15-16H,8-11H2,1-2H3. The summed E-state index contributed by atoms with van der Waals surface area (Å²) in [5.41, 5.74) is 1.95. The molecule has 5 nitrogen and oxygen atoms in total. The number of rotatable bonds is 4. The van der Waals surface area contributed by atoms with Gasteiger partial charge in [0.1, 0.15) is 17.4 Å². The lowest BCUT2D eigenvalue weighted by Gasteiger charge is -2.56. The number of halogens is 3. The van der Waals surface area contributed by atoms with E-state index in [2.05, 4.69) is 24.5 Å². The molecular formula is C19H21F3N4O. The highest BCUT2D eigenvalue weighted by atomic mass is 19.4. The van der Waals surface area contributed by atoms with Crippen LogP contribution < -0.4 is 9.64 Å². The Morgan fingerprint density at radius 3 is 2.33 bits per heavy atom. The number of piperazine rings is 1. The maximum atomic E-state index is 12.3. The second-order valence-electron chi connectivity index (χ2n) is 7.23. The van der Waals surface area contributed by atoms with Crippen molar-refractivity contribution in [2.75, 3.05) is 18.0 Å². The fraction of sp³-hybridized carbons (Fsp3) is 0.474. The largest absolute Gasteiger partial charge is 0.573 e. The fourth-order valence-electron chi connectivity index (χ4n) is 4.00. The van der Waals surface area contributed by atoms with E-state index in [0.717, 1.165) is 49.0 Å². The summed E-state index contributed by atoms with van der Waals surface area (Å²) < 4.78 is 40.7. The van der Waals surface area contributed by atoms with Crippen LogP contribution in [0.4, 0.5) is 19.0 Å². The summed E-state index contributed by atoms with van der Waals surface area (Å²) in [6.07, 6.45) is -3.51. The average molecular weight is 378 g/mol. The monoisotopic (exact) mass is 378 g/mol. The van der Waals surface area contributed by atoms with E-state index in [0.29, 0.717) is 12.1 Å². The van der Waals surface area contributed by atoms with Gasteiger partial charge in [-0.05, 0) is 38.0 Å². The van der Waals surface area contributed by atoms with Gasteiger partial charge in [-0.15, -0.1) is 13.2 Å². The van der Waals surface area contributed by atoms with Crippen LogP contribution in [0.15, 0.2) is 30.3 Å². The van der Waals surface area contributed by atoms with E-state index in [1.807, 2.05) is 19.9 Å². The fourth-order valence-corrected chi connectivity index (χ4v) is 4.00. The number of ether oxygens (including phenoxy) is 1. The van der Waals surface area contributed by atoms with E-state index in [4.69, 9.17) is 0 Å². The van der Waals surface area contributed by atoms with Gasteiger partial charge < -0.3 is 9.64 Å².